The number of rotatable bonds is 5. The number of hydrogen-bond donors (Lipinski definition) is 1. The van der Waals surface area contributed by atoms with Crippen molar-refractivity contribution < 1.29 is 0 Å². The molecule has 2 nitrogen and oxygen atoms in total. The maximum absolute atomic E-state index is 6.01. The van der Waals surface area contributed by atoms with E-state index in [1.807, 2.05) is 30.3 Å². The Morgan fingerprint density at radius 2 is 1.86 bits per heavy atom. The van der Waals surface area contributed by atoms with E-state index in [4.69, 9.17) is 17.3 Å². The fourth-order valence-electron chi connectivity index (χ4n) is 2.32. The number of hydrogen-bond acceptors (Lipinski definition) is 2. The lowest BCUT2D eigenvalue weighted by molar-refractivity contribution is 0.240. The highest BCUT2D eigenvalue weighted by atomic mass is 79.9. The Balaban J connectivity index is 2.22. The van der Waals surface area contributed by atoms with Crippen molar-refractivity contribution in [1.29, 1.82) is 0 Å². The van der Waals surface area contributed by atoms with Crippen LogP contribution in [0.15, 0.2) is 51.4 Å². The number of halogens is 3. The number of likely N-dealkylation sites (N-methyl/N-ethyl adjacent to an activating group) is 1. The number of nitrogens with two attached hydrogens (primary N) is 1. The molecule has 0 fully saturated rings. The van der Waals surface area contributed by atoms with Crippen LogP contribution in [0.2, 0.25) is 5.02 Å². The zero-order valence-corrected chi connectivity index (χ0v) is 15.6. The molecule has 2 aromatic rings. The summed E-state index contributed by atoms with van der Waals surface area (Å²) in [6, 6.07) is 14.2. The van der Waals surface area contributed by atoms with Gasteiger partial charge in [0.1, 0.15) is 0 Å². The largest absolute Gasteiger partial charge is 0.329 e. The topological polar surface area (TPSA) is 29.3 Å². The molecule has 0 spiro atoms. The van der Waals surface area contributed by atoms with Crippen molar-refractivity contribution in [2.24, 2.45) is 5.73 Å². The minimum absolute atomic E-state index is 0.128. The van der Waals surface area contributed by atoms with Crippen molar-refractivity contribution in [3.05, 3.63) is 67.6 Å². The summed E-state index contributed by atoms with van der Waals surface area (Å²) >= 11 is 13.2. The Bertz CT molecular complexity index is 619. The monoisotopic (exact) mass is 430 g/mol. The predicted octanol–water partition coefficient (Wildman–Crippen LogP) is 5.00. The minimum atomic E-state index is 0.128. The standard InChI is InChI=1S/C16H17Br2ClN2/c1-21(10-11-4-2-3-5-14(11)17)16(9-20)13-7-6-12(19)8-15(13)18/h2-8,16H,9-10,20H2,1H3. The summed E-state index contributed by atoms with van der Waals surface area (Å²) in [7, 11) is 2.08. The van der Waals surface area contributed by atoms with Gasteiger partial charge in [0.25, 0.3) is 0 Å². The molecular formula is C16H17Br2ClN2. The first kappa shape index (κ1) is 17.0. The Labute approximate surface area is 147 Å². The Hall–Kier alpha value is -0.390. The zero-order chi connectivity index (χ0) is 15.4. The summed E-state index contributed by atoms with van der Waals surface area (Å²) in [5.74, 6) is 0. The van der Waals surface area contributed by atoms with Gasteiger partial charge in [-0.25, -0.2) is 0 Å². The van der Waals surface area contributed by atoms with Gasteiger partial charge in [0, 0.05) is 33.1 Å². The van der Waals surface area contributed by atoms with Gasteiger partial charge in [-0.15, -0.1) is 0 Å². The Morgan fingerprint density at radius 3 is 2.48 bits per heavy atom. The lowest BCUT2D eigenvalue weighted by Gasteiger charge is -2.28. The molecule has 0 heterocycles. The molecule has 21 heavy (non-hydrogen) atoms. The molecule has 1 unspecified atom stereocenters. The van der Waals surface area contributed by atoms with Crippen LogP contribution in [0.3, 0.4) is 0 Å². The van der Waals surface area contributed by atoms with Crippen molar-refractivity contribution >= 4 is 43.5 Å². The number of nitrogens with zero attached hydrogens (tertiary/aromatic N) is 1. The molecule has 0 aromatic heterocycles. The van der Waals surface area contributed by atoms with Crippen LogP contribution in [0.5, 0.6) is 0 Å². The quantitative estimate of drug-likeness (QED) is 0.721. The molecule has 0 aliphatic rings. The molecular weight excluding hydrogens is 415 g/mol. The molecule has 0 aliphatic carbocycles. The smallest absolute Gasteiger partial charge is 0.0482 e. The second-order valence-electron chi connectivity index (χ2n) is 4.92. The lowest BCUT2D eigenvalue weighted by atomic mass is 10.0. The molecule has 112 valence electrons. The summed E-state index contributed by atoms with van der Waals surface area (Å²) in [6.07, 6.45) is 0. The first-order valence-electron chi connectivity index (χ1n) is 6.61. The predicted molar refractivity (Wildman–Crippen MR) is 96.6 cm³/mol. The maximum Gasteiger partial charge on any atom is 0.0482 e. The van der Waals surface area contributed by atoms with E-state index in [-0.39, 0.29) is 6.04 Å². The third-order valence-corrected chi connectivity index (χ3v) is 5.15. The fraction of sp³-hybridized carbons (Fsp3) is 0.250. The summed E-state index contributed by atoms with van der Waals surface area (Å²) in [4.78, 5) is 2.24. The van der Waals surface area contributed by atoms with Crippen molar-refractivity contribution in [1.82, 2.24) is 4.90 Å². The van der Waals surface area contributed by atoms with Crippen molar-refractivity contribution in [2.75, 3.05) is 13.6 Å². The van der Waals surface area contributed by atoms with Gasteiger partial charge in [-0.2, -0.15) is 0 Å². The molecule has 2 aromatic carbocycles. The maximum atomic E-state index is 6.01. The second-order valence-corrected chi connectivity index (χ2v) is 7.07. The number of benzene rings is 2. The van der Waals surface area contributed by atoms with E-state index in [0.717, 1.165) is 26.1 Å². The van der Waals surface area contributed by atoms with Crippen LogP contribution in [0.1, 0.15) is 17.2 Å². The molecule has 2 rings (SSSR count). The minimum Gasteiger partial charge on any atom is -0.329 e. The van der Waals surface area contributed by atoms with Crippen LogP contribution in [0.4, 0.5) is 0 Å². The van der Waals surface area contributed by atoms with Gasteiger partial charge in [-0.1, -0.05) is 67.7 Å². The van der Waals surface area contributed by atoms with E-state index >= 15 is 0 Å². The van der Waals surface area contributed by atoms with Crippen LogP contribution in [0.25, 0.3) is 0 Å². The normalized spacial score (nSPS) is 12.7. The second kappa shape index (κ2) is 7.75. The first-order valence-corrected chi connectivity index (χ1v) is 8.58. The third-order valence-electron chi connectivity index (χ3n) is 3.45. The Morgan fingerprint density at radius 1 is 1.14 bits per heavy atom. The van der Waals surface area contributed by atoms with Gasteiger partial charge >= 0.3 is 0 Å². The molecule has 5 heteroatoms. The van der Waals surface area contributed by atoms with Crippen LogP contribution >= 0.6 is 43.5 Å². The summed E-state index contributed by atoms with van der Waals surface area (Å²) in [6.45, 7) is 1.36. The van der Waals surface area contributed by atoms with Gasteiger partial charge in [-0.05, 0) is 36.4 Å². The van der Waals surface area contributed by atoms with E-state index in [0.29, 0.717) is 6.54 Å². The van der Waals surface area contributed by atoms with E-state index in [1.54, 1.807) is 0 Å². The average molecular weight is 433 g/mol. The zero-order valence-electron chi connectivity index (χ0n) is 11.7. The van der Waals surface area contributed by atoms with Gasteiger partial charge in [0.05, 0.1) is 0 Å². The van der Waals surface area contributed by atoms with E-state index in [1.165, 1.54) is 5.56 Å². The van der Waals surface area contributed by atoms with Crippen LogP contribution in [0, 0.1) is 0 Å². The lowest BCUT2D eigenvalue weighted by Crippen LogP contribution is -2.30. The van der Waals surface area contributed by atoms with Gasteiger partial charge in [-0.3, -0.25) is 4.90 Å². The highest BCUT2D eigenvalue weighted by Crippen LogP contribution is 2.30. The highest BCUT2D eigenvalue weighted by molar-refractivity contribution is 9.10. The molecule has 0 amide bonds. The van der Waals surface area contributed by atoms with Gasteiger partial charge < -0.3 is 5.73 Å². The first-order chi connectivity index (χ1) is 10.0. The van der Waals surface area contributed by atoms with Gasteiger partial charge in [0.2, 0.25) is 0 Å². The fourth-order valence-corrected chi connectivity index (χ4v) is 3.68. The summed E-state index contributed by atoms with van der Waals surface area (Å²) < 4.78 is 2.10. The molecule has 0 radical (unpaired) electrons. The van der Waals surface area contributed by atoms with Crippen LogP contribution < -0.4 is 5.73 Å². The van der Waals surface area contributed by atoms with E-state index in [9.17, 15) is 0 Å². The Kier molecular flexibility index (Phi) is 6.26. The summed E-state index contributed by atoms with van der Waals surface area (Å²) in [5, 5.41) is 0.717. The van der Waals surface area contributed by atoms with Crippen molar-refractivity contribution in [2.45, 2.75) is 12.6 Å². The van der Waals surface area contributed by atoms with E-state index in [2.05, 4.69) is 55.9 Å². The molecule has 0 saturated heterocycles. The van der Waals surface area contributed by atoms with Crippen LogP contribution in [-0.4, -0.2) is 18.5 Å². The molecule has 1 atom stereocenters. The van der Waals surface area contributed by atoms with E-state index < -0.39 is 0 Å². The van der Waals surface area contributed by atoms with Crippen LogP contribution in [-0.2, 0) is 6.54 Å². The summed E-state index contributed by atoms with van der Waals surface area (Å²) in [5.41, 5.74) is 8.39. The average Bonchev–Trinajstić information content (AvgIpc) is 2.44. The van der Waals surface area contributed by atoms with Crippen molar-refractivity contribution in [3.8, 4) is 0 Å². The highest BCUT2D eigenvalue weighted by Gasteiger charge is 2.19. The molecule has 0 bridgehead atoms. The molecule has 0 saturated carbocycles. The van der Waals surface area contributed by atoms with Gasteiger partial charge in [0.15, 0.2) is 0 Å². The molecule has 2 N–H and O–H groups in total. The van der Waals surface area contributed by atoms with Crippen molar-refractivity contribution in [3.63, 3.8) is 0 Å². The SMILES string of the molecule is CN(Cc1ccccc1Br)C(CN)c1ccc(Cl)cc1Br. The molecule has 0 aliphatic heterocycles. The third kappa shape index (κ3) is 4.30.